The highest BCUT2D eigenvalue weighted by Crippen LogP contribution is 2.22. The standard InChI is InChI=1S/C16H20N2/c1-12(2)13-7-9-14(10-8-13)16(17-3)15-6-4-5-11-18-15/h4-12,16-17H,1-3H3. The van der Waals surface area contributed by atoms with Crippen molar-refractivity contribution in [2.45, 2.75) is 25.8 Å². The highest BCUT2D eigenvalue weighted by Gasteiger charge is 2.12. The third-order valence-corrected chi connectivity index (χ3v) is 3.21. The monoisotopic (exact) mass is 240 g/mol. The van der Waals surface area contributed by atoms with E-state index in [0.29, 0.717) is 5.92 Å². The minimum Gasteiger partial charge on any atom is -0.308 e. The summed E-state index contributed by atoms with van der Waals surface area (Å²) in [7, 11) is 1.97. The molecule has 18 heavy (non-hydrogen) atoms. The van der Waals surface area contributed by atoms with E-state index in [-0.39, 0.29) is 6.04 Å². The van der Waals surface area contributed by atoms with Gasteiger partial charge < -0.3 is 5.32 Å². The Morgan fingerprint density at radius 3 is 2.11 bits per heavy atom. The number of rotatable bonds is 4. The summed E-state index contributed by atoms with van der Waals surface area (Å²) >= 11 is 0. The van der Waals surface area contributed by atoms with Crippen molar-refractivity contribution < 1.29 is 0 Å². The lowest BCUT2D eigenvalue weighted by Gasteiger charge is -2.17. The molecule has 2 nitrogen and oxygen atoms in total. The second-order valence-corrected chi connectivity index (χ2v) is 4.80. The zero-order valence-electron chi connectivity index (χ0n) is 11.2. The van der Waals surface area contributed by atoms with Gasteiger partial charge in [-0.15, -0.1) is 0 Å². The van der Waals surface area contributed by atoms with Crippen molar-refractivity contribution in [3.05, 3.63) is 65.5 Å². The van der Waals surface area contributed by atoms with E-state index >= 15 is 0 Å². The molecular weight excluding hydrogens is 220 g/mol. The molecule has 0 bridgehead atoms. The molecule has 1 unspecified atom stereocenters. The Morgan fingerprint density at radius 1 is 0.944 bits per heavy atom. The number of benzene rings is 1. The maximum atomic E-state index is 4.42. The number of pyridine rings is 1. The lowest BCUT2D eigenvalue weighted by molar-refractivity contribution is 0.670. The number of hydrogen-bond acceptors (Lipinski definition) is 2. The molecule has 1 aromatic carbocycles. The van der Waals surface area contributed by atoms with Gasteiger partial charge in [0.15, 0.2) is 0 Å². The fourth-order valence-corrected chi connectivity index (χ4v) is 2.11. The third kappa shape index (κ3) is 2.77. The molecule has 1 heterocycles. The third-order valence-electron chi connectivity index (χ3n) is 3.21. The number of hydrogen-bond donors (Lipinski definition) is 1. The smallest absolute Gasteiger partial charge is 0.0748 e. The van der Waals surface area contributed by atoms with E-state index < -0.39 is 0 Å². The van der Waals surface area contributed by atoms with Gasteiger partial charge >= 0.3 is 0 Å². The first kappa shape index (κ1) is 12.8. The number of nitrogens with one attached hydrogen (secondary N) is 1. The predicted molar refractivity (Wildman–Crippen MR) is 75.7 cm³/mol. The summed E-state index contributed by atoms with van der Waals surface area (Å²) in [4.78, 5) is 4.42. The Balaban J connectivity index is 2.28. The molecule has 94 valence electrons. The molecule has 1 atom stereocenters. The largest absolute Gasteiger partial charge is 0.308 e. The van der Waals surface area contributed by atoms with Gasteiger partial charge in [0.25, 0.3) is 0 Å². The minimum atomic E-state index is 0.160. The minimum absolute atomic E-state index is 0.160. The first-order valence-electron chi connectivity index (χ1n) is 6.40. The molecule has 2 rings (SSSR count). The van der Waals surface area contributed by atoms with Gasteiger partial charge in [0.05, 0.1) is 11.7 Å². The average molecular weight is 240 g/mol. The zero-order chi connectivity index (χ0) is 13.0. The molecule has 1 aromatic heterocycles. The Kier molecular flexibility index (Phi) is 4.11. The second kappa shape index (κ2) is 5.78. The summed E-state index contributed by atoms with van der Waals surface area (Å²) in [6.45, 7) is 4.42. The van der Waals surface area contributed by atoms with Crippen LogP contribution in [0.1, 0.15) is 42.6 Å². The molecule has 0 spiro atoms. The van der Waals surface area contributed by atoms with Gasteiger partial charge in [0.2, 0.25) is 0 Å². The van der Waals surface area contributed by atoms with E-state index in [0.717, 1.165) is 5.69 Å². The molecule has 0 saturated heterocycles. The Bertz CT molecular complexity index is 474. The Morgan fingerprint density at radius 2 is 1.61 bits per heavy atom. The van der Waals surface area contributed by atoms with Crippen LogP contribution in [0.4, 0.5) is 0 Å². The molecule has 0 fully saturated rings. The van der Waals surface area contributed by atoms with Gasteiger partial charge in [-0.25, -0.2) is 0 Å². The van der Waals surface area contributed by atoms with E-state index in [9.17, 15) is 0 Å². The molecule has 2 aromatic rings. The van der Waals surface area contributed by atoms with Crippen molar-refractivity contribution in [1.82, 2.24) is 10.3 Å². The molecule has 0 aliphatic rings. The maximum absolute atomic E-state index is 4.42. The molecule has 1 N–H and O–H groups in total. The summed E-state index contributed by atoms with van der Waals surface area (Å²) in [5.41, 5.74) is 3.67. The molecule has 2 heteroatoms. The van der Waals surface area contributed by atoms with Crippen molar-refractivity contribution in [2.75, 3.05) is 7.05 Å². The van der Waals surface area contributed by atoms with Crippen LogP contribution in [-0.4, -0.2) is 12.0 Å². The molecule has 0 amide bonds. The van der Waals surface area contributed by atoms with Crippen LogP contribution in [0.5, 0.6) is 0 Å². The molecule has 0 radical (unpaired) electrons. The Hall–Kier alpha value is -1.67. The summed E-state index contributed by atoms with van der Waals surface area (Å²) in [5, 5.41) is 3.32. The average Bonchev–Trinajstić information content (AvgIpc) is 2.41. The van der Waals surface area contributed by atoms with E-state index in [1.54, 1.807) is 0 Å². The first-order valence-corrected chi connectivity index (χ1v) is 6.40. The zero-order valence-corrected chi connectivity index (χ0v) is 11.2. The van der Waals surface area contributed by atoms with Crippen LogP contribution in [0.2, 0.25) is 0 Å². The summed E-state index contributed by atoms with van der Waals surface area (Å²) in [6.07, 6.45) is 1.84. The lowest BCUT2D eigenvalue weighted by atomic mass is 9.97. The lowest BCUT2D eigenvalue weighted by Crippen LogP contribution is -2.18. The van der Waals surface area contributed by atoms with E-state index in [1.165, 1.54) is 11.1 Å². The topological polar surface area (TPSA) is 24.9 Å². The van der Waals surface area contributed by atoms with Gasteiger partial charge in [-0.3, -0.25) is 4.98 Å². The van der Waals surface area contributed by atoms with Crippen LogP contribution in [0.15, 0.2) is 48.7 Å². The quantitative estimate of drug-likeness (QED) is 0.884. The summed E-state index contributed by atoms with van der Waals surface area (Å²) in [6, 6.07) is 15.0. The van der Waals surface area contributed by atoms with E-state index in [2.05, 4.69) is 54.5 Å². The summed E-state index contributed by atoms with van der Waals surface area (Å²) in [5.74, 6) is 0.571. The first-order chi connectivity index (χ1) is 8.72. The fraction of sp³-hybridized carbons (Fsp3) is 0.312. The molecule has 0 aliphatic heterocycles. The molecular formula is C16H20N2. The van der Waals surface area contributed by atoms with Crippen molar-refractivity contribution >= 4 is 0 Å². The van der Waals surface area contributed by atoms with Crippen molar-refractivity contribution in [3.8, 4) is 0 Å². The van der Waals surface area contributed by atoms with E-state index in [4.69, 9.17) is 0 Å². The van der Waals surface area contributed by atoms with Gasteiger partial charge in [-0.1, -0.05) is 44.2 Å². The van der Waals surface area contributed by atoms with Crippen LogP contribution in [0.25, 0.3) is 0 Å². The number of aromatic nitrogens is 1. The van der Waals surface area contributed by atoms with Gasteiger partial charge in [-0.2, -0.15) is 0 Å². The van der Waals surface area contributed by atoms with Crippen LogP contribution in [-0.2, 0) is 0 Å². The van der Waals surface area contributed by atoms with Crippen LogP contribution in [0, 0.1) is 0 Å². The van der Waals surface area contributed by atoms with Gasteiger partial charge in [-0.05, 0) is 36.2 Å². The predicted octanol–water partition coefficient (Wildman–Crippen LogP) is 3.51. The van der Waals surface area contributed by atoms with Crippen molar-refractivity contribution in [2.24, 2.45) is 0 Å². The maximum Gasteiger partial charge on any atom is 0.0748 e. The van der Waals surface area contributed by atoms with Gasteiger partial charge in [0.1, 0.15) is 0 Å². The normalized spacial score (nSPS) is 12.7. The van der Waals surface area contributed by atoms with Crippen LogP contribution >= 0.6 is 0 Å². The van der Waals surface area contributed by atoms with Crippen LogP contribution in [0.3, 0.4) is 0 Å². The SMILES string of the molecule is CNC(c1ccc(C(C)C)cc1)c1ccccn1. The van der Waals surface area contributed by atoms with Crippen molar-refractivity contribution in [3.63, 3.8) is 0 Å². The second-order valence-electron chi connectivity index (χ2n) is 4.80. The molecule has 0 aliphatic carbocycles. The van der Waals surface area contributed by atoms with Crippen molar-refractivity contribution in [1.29, 1.82) is 0 Å². The van der Waals surface area contributed by atoms with Crippen LogP contribution < -0.4 is 5.32 Å². The highest BCUT2D eigenvalue weighted by atomic mass is 14.9. The fourth-order valence-electron chi connectivity index (χ4n) is 2.11. The Labute approximate surface area is 109 Å². The highest BCUT2D eigenvalue weighted by molar-refractivity contribution is 5.31. The van der Waals surface area contributed by atoms with Gasteiger partial charge in [0, 0.05) is 6.20 Å². The number of nitrogens with zero attached hydrogens (tertiary/aromatic N) is 1. The molecule has 0 saturated carbocycles. The van der Waals surface area contributed by atoms with E-state index in [1.807, 2.05) is 25.4 Å². The summed E-state index contributed by atoms with van der Waals surface area (Å²) < 4.78 is 0.